The molecule has 18 heavy (non-hydrogen) atoms. The van der Waals surface area contributed by atoms with Gasteiger partial charge in [0.25, 0.3) is 10.0 Å². The van der Waals surface area contributed by atoms with Crippen molar-refractivity contribution in [1.29, 1.82) is 0 Å². The zero-order chi connectivity index (χ0) is 13.8. The fourth-order valence-corrected chi connectivity index (χ4v) is 4.43. The monoisotopic (exact) mass is 312 g/mol. The van der Waals surface area contributed by atoms with Gasteiger partial charge in [-0.15, -0.1) is 0 Å². The summed E-state index contributed by atoms with van der Waals surface area (Å²) in [5, 5.41) is 0. The van der Waals surface area contributed by atoms with Crippen molar-refractivity contribution in [2.24, 2.45) is 5.92 Å². The van der Waals surface area contributed by atoms with E-state index in [0.717, 1.165) is 11.3 Å². The van der Waals surface area contributed by atoms with E-state index in [1.54, 1.807) is 7.11 Å². The fourth-order valence-electron chi connectivity index (χ4n) is 1.40. The van der Waals surface area contributed by atoms with Crippen molar-refractivity contribution in [2.45, 2.75) is 18.1 Å². The van der Waals surface area contributed by atoms with Crippen LogP contribution < -0.4 is 0 Å². The first-order valence-corrected chi connectivity index (χ1v) is 8.11. The summed E-state index contributed by atoms with van der Waals surface area (Å²) in [7, 11) is -1.98. The molecule has 0 aliphatic heterocycles. The molecule has 0 bridgehead atoms. The fraction of sp³-hybridized carbons (Fsp3) is 0.700. The summed E-state index contributed by atoms with van der Waals surface area (Å²) in [5.41, 5.74) is 0. The van der Waals surface area contributed by atoms with Gasteiger partial charge in [0, 0.05) is 20.2 Å². The maximum Gasteiger partial charge on any atom is 0.254 e. The Kier molecular flexibility index (Phi) is 6.00. The summed E-state index contributed by atoms with van der Waals surface area (Å²) in [5.74, 6) is 0.236. The number of aromatic nitrogens is 1. The molecule has 0 radical (unpaired) electrons. The Labute approximate surface area is 117 Å². The normalized spacial score (nSPS) is 12.6. The van der Waals surface area contributed by atoms with Gasteiger partial charge in [-0.1, -0.05) is 36.8 Å². The number of hydrogen-bond acceptors (Lipinski definition) is 5. The lowest BCUT2D eigenvalue weighted by molar-refractivity contribution is 0.175. The van der Waals surface area contributed by atoms with E-state index < -0.39 is 10.0 Å². The first kappa shape index (κ1) is 15.8. The van der Waals surface area contributed by atoms with E-state index >= 15 is 0 Å². The molecule has 0 fully saturated rings. The quantitative estimate of drug-likeness (QED) is 0.773. The minimum Gasteiger partial charge on any atom is -0.383 e. The molecule has 1 rings (SSSR count). The summed E-state index contributed by atoms with van der Waals surface area (Å²) < 4.78 is 31.5. The first-order valence-electron chi connectivity index (χ1n) is 5.48. The van der Waals surface area contributed by atoms with Crippen molar-refractivity contribution < 1.29 is 13.2 Å². The van der Waals surface area contributed by atoms with E-state index in [1.807, 2.05) is 13.8 Å². The first-order chi connectivity index (χ1) is 8.37. The van der Waals surface area contributed by atoms with Gasteiger partial charge in [-0.2, -0.15) is 4.31 Å². The second-order valence-corrected chi connectivity index (χ2v) is 7.96. The molecule has 0 saturated carbocycles. The van der Waals surface area contributed by atoms with Gasteiger partial charge in [0.15, 0.2) is 8.68 Å². The molecule has 0 amide bonds. The summed E-state index contributed by atoms with van der Waals surface area (Å²) in [6.45, 7) is 5.07. The number of thiazole rings is 1. The Balaban J connectivity index is 2.95. The number of ether oxygens (including phenoxy) is 1. The SMILES string of the molecule is COCCN(CC(C)C)S(=O)(=O)c1cnc(Cl)s1. The summed E-state index contributed by atoms with van der Waals surface area (Å²) in [6, 6.07) is 0. The minimum absolute atomic E-state index is 0.171. The van der Waals surface area contributed by atoms with Gasteiger partial charge in [0.1, 0.15) is 0 Å². The van der Waals surface area contributed by atoms with Crippen LogP contribution in [0.5, 0.6) is 0 Å². The molecule has 0 spiro atoms. The molecule has 1 aromatic heterocycles. The van der Waals surface area contributed by atoms with Crippen LogP contribution in [0.15, 0.2) is 10.4 Å². The van der Waals surface area contributed by atoms with Gasteiger partial charge in [0.05, 0.1) is 12.8 Å². The maximum atomic E-state index is 12.4. The molecular weight excluding hydrogens is 296 g/mol. The van der Waals surface area contributed by atoms with Crippen LogP contribution in [0.3, 0.4) is 0 Å². The summed E-state index contributed by atoms with van der Waals surface area (Å²) >= 11 is 6.65. The molecule has 0 aromatic carbocycles. The molecule has 0 atom stereocenters. The zero-order valence-electron chi connectivity index (χ0n) is 10.6. The topological polar surface area (TPSA) is 59.5 Å². The molecule has 0 aliphatic rings. The predicted molar refractivity (Wildman–Crippen MR) is 72.6 cm³/mol. The van der Waals surface area contributed by atoms with Gasteiger partial charge in [-0.25, -0.2) is 13.4 Å². The molecular formula is C10H17ClN2O3S2. The Hall–Kier alpha value is -0.210. The van der Waals surface area contributed by atoms with E-state index in [4.69, 9.17) is 16.3 Å². The highest BCUT2D eigenvalue weighted by Crippen LogP contribution is 2.25. The van der Waals surface area contributed by atoms with Crippen LogP contribution in [0, 0.1) is 5.92 Å². The predicted octanol–water partition coefficient (Wildman–Crippen LogP) is 2.09. The molecule has 0 N–H and O–H groups in total. The van der Waals surface area contributed by atoms with Crippen molar-refractivity contribution in [3.05, 3.63) is 10.7 Å². The van der Waals surface area contributed by atoms with E-state index in [1.165, 1.54) is 10.5 Å². The molecule has 1 aromatic rings. The second-order valence-electron chi connectivity index (χ2n) is 4.18. The number of halogens is 1. The average molecular weight is 313 g/mol. The van der Waals surface area contributed by atoms with Gasteiger partial charge >= 0.3 is 0 Å². The number of methoxy groups -OCH3 is 1. The highest BCUT2D eigenvalue weighted by atomic mass is 35.5. The molecule has 0 aliphatic carbocycles. The second kappa shape index (κ2) is 6.81. The van der Waals surface area contributed by atoms with E-state index in [9.17, 15) is 8.42 Å². The minimum atomic E-state index is -3.52. The van der Waals surface area contributed by atoms with Crippen molar-refractivity contribution in [3.8, 4) is 0 Å². The van der Waals surface area contributed by atoms with Crippen LogP contribution in [-0.4, -0.2) is 44.5 Å². The third kappa shape index (κ3) is 4.17. The lowest BCUT2D eigenvalue weighted by Gasteiger charge is -2.22. The van der Waals surface area contributed by atoms with Gasteiger partial charge < -0.3 is 4.74 Å². The molecule has 8 heteroatoms. The Morgan fingerprint density at radius 2 is 2.22 bits per heavy atom. The van der Waals surface area contributed by atoms with Crippen LogP contribution >= 0.6 is 22.9 Å². The molecule has 0 saturated heterocycles. The van der Waals surface area contributed by atoms with Crippen molar-refractivity contribution in [3.63, 3.8) is 0 Å². The largest absolute Gasteiger partial charge is 0.383 e. The highest BCUT2D eigenvalue weighted by molar-refractivity contribution is 7.91. The number of nitrogens with zero attached hydrogens (tertiary/aromatic N) is 2. The molecule has 5 nitrogen and oxygen atoms in total. The average Bonchev–Trinajstić information content (AvgIpc) is 2.71. The van der Waals surface area contributed by atoms with Crippen LogP contribution in [0.1, 0.15) is 13.8 Å². The van der Waals surface area contributed by atoms with Gasteiger partial charge in [0.2, 0.25) is 0 Å². The summed E-state index contributed by atoms with van der Waals surface area (Å²) in [6.07, 6.45) is 1.29. The number of rotatable bonds is 7. The molecule has 104 valence electrons. The third-order valence-electron chi connectivity index (χ3n) is 2.16. The third-order valence-corrected chi connectivity index (χ3v) is 5.58. The van der Waals surface area contributed by atoms with E-state index in [2.05, 4.69) is 4.98 Å². The standard InChI is InChI=1S/C10H17ClN2O3S2/c1-8(2)7-13(4-5-16-3)18(14,15)9-6-12-10(11)17-9/h6,8H,4-5,7H2,1-3H3. The lowest BCUT2D eigenvalue weighted by Crippen LogP contribution is -2.36. The van der Waals surface area contributed by atoms with E-state index in [0.29, 0.717) is 19.7 Å². The van der Waals surface area contributed by atoms with Crippen molar-refractivity contribution in [2.75, 3.05) is 26.8 Å². The van der Waals surface area contributed by atoms with Crippen molar-refractivity contribution in [1.82, 2.24) is 9.29 Å². The Bertz CT molecular complexity index is 473. The smallest absolute Gasteiger partial charge is 0.254 e. The van der Waals surface area contributed by atoms with Crippen molar-refractivity contribution >= 4 is 33.0 Å². The Morgan fingerprint density at radius 3 is 2.67 bits per heavy atom. The molecule has 0 unspecified atom stereocenters. The van der Waals surface area contributed by atoms with Crippen LogP contribution in [-0.2, 0) is 14.8 Å². The number of sulfonamides is 1. The van der Waals surface area contributed by atoms with Gasteiger partial charge in [-0.05, 0) is 5.92 Å². The molecule has 1 heterocycles. The highest BCUT2D eigenvalue weighted by Gasteiger charge is 2.27. The maximum absolute atomic E-state index is 12.4. The summed E-state index contributed by atoms with van der Waals surface area (Å²) in [4.78, 5) is 3.77. The van der Waals surface area contributed by atoms with E-state index in [-0.39, 0.29) is 14.6 Å². The van der Waals surface area contributed by atoms with Crippen LogP contribution in [0.4, 0.5) is 0 Å². The van der Waals surface area contributed by atoms with Crippen LogP contribution in [0.25, 0.3) is 0 Å². The van der Waals surface area contributed by atoms with Crippen LogP contribution in [0.2, 0.25) is 4.47 Å². The Morgan fingerprint density at radius 1 is 1.56 bits per heavy atom. The van der Waals surface area contributed by atoms with Gasteiger partial charge in [-0.3, -0.25) is 0 Å². The number of hydrogen-bond donors (Lipinski definition) is 0. The zero-order valence-corrected chi connectivity index (χ0v) is 13.0. The lowest BCUT2D eigenvalue weighted by atomic mass is 10.2.